The van der Waals surface area contributed by atoms with Crippen molar-refractivity contribution in [2.24, 2.45) is 0 Å². The molecule has 1 N–H and O–H groups in total. The molecule has 0 spiro atoms. The van der Waals surface area contributed by atoms with E-state index in [-0.39, 0.29) is 0 Å². The van der Waals surface area contributed by atoms with Crippen LogP contribution in [0.2, 0.25) is 0 Å². The molecule has 1 aromatic rings. The Bertz CT molecular complexity index is 422. The second-order valence-corrected chi connectivity index (χ2v) is 5.14. The number of rotatable bonds is 2. The summed E-state index contributed by atoms with van der Waals surface area (Å²) in [5.74, 6) is 2.32. The van der Waals surface area contributed by atoms with Gasteiger partial charge in [-0.1, -0.05) is 13.8 Å². The fraction of sp³-hybridized carbons (Fsp3) is 0.571. The molecule has 1 aromatic carbocycles. The Morgan fingerprint density at radius 1 is 1.24 bits per heavy atom. The Morgan fingerprint density at radius 2 is 2.00 bits per heavy atom. The van der Waals surface area contributed by atoms with Crippen LogP contribution in [0.5, 0.6) is 11.5 Å². The van der Waals surface area contributed by atoms with Crippen LogP contribution in [-0.2, 0) is 0 Å². The Balaban J connectivity index is 2.04. The van der Waals surface area contributed by atoms with Crippen LogP contribution in [0.1, 0.15) is 49.8 Å². The topological polar surface area (TPSA) is 30.5 Å². The molecule has 92 valence electrons. The van der Waals surface area contributed by atoms with E-state index in [2.05, 4.69) is 31.3 Å². The van der Waals surface area contributed by atoms with Crippen molar-refractivity contribution in [2.75, 3.05) is 13.3 Å². The molecule has 0 saturated carbocycles. The molecule has 2 aliphatic heterocycles. The van der Waals surface area contributed by atoms with Crippen molar-refractivity contribution >= 4 is 0 Å². The molecule has 3 rings (SSSR count). The molecule has 0 amide bonds. The van der Waals surface area contributed by atoms with E-state index >= 15 is 0 Å². The Hall–Kier alpha value is -1.22. The number of nitrogens with one attached hydrogen (secondary N) is 1. The minimum atomic E-state index is 0.356. The largest absolute Gasteiger partial charge is 0.454 e. The quantitative estimate of drug-likeness (QED) is 0.852. The van der Waals surface area contributed by atoms with Gasteiger partial charge in [-0.05, 0) is 48.6 Å². The SMILES string of the molecule is CC(C)c1cc2c(cc1C1CCCN1)OCO2. The molecule has 17 heavy (non-hydrogen) atoms. The normalized spacial score (nSPS) is 22.4. The summed E-state index contributed by atoms with van der Waals surface area (Å²) in [6, 6.07) is 4.81. The monoisotopic (exact) mass is 233 g/mol. The first-order valence-corrected chi connectivity index (χ1v) is 6.42. The summed E-state index contributed by atoms with van der Waals surface area (Å²) in [7, 11) is 0. The molecule has 2 heterocycles. The van der Waals surface area contributed by atoms with Crippen molar-refractivity contribution in [1.29, 1.82) is 0 Å². The third kappa shape index (κ3) is 1.89. The molecule has 0 bridgehead atoms. The highest BCUT2D eigenvalue weighted by Crippen LogP contribution is 2.40. The summed E-state index contributed by atoms with van der Waals surface area (Å²) in [6.07, 6.45) is 2.48. The molecule has 0 radical (unpaired) electrons. The van der Waals surface area contributed by atoms with Gasteiger partial charge in [-0.2, -0.15) is 0 Å². The molecule has 0 aromatic heterocycles. The number of hydrogen-bond acceptors (Lipinski definition) is 3. The molecule has 3 nitrogen and oxygen atoms in total. The smallest absolute Gasteiger partial charge is 0.231 e. The average Bonchev–Trinajstić information content (AvgIpc) is 2.98. The lowest BCUT2D eigenvalue weighted by Crippen LogP contribution is -2.15. The maximum atomic E-state index is 5.48. The Labute approximate surface area is 102 Å². The van der Waals surface area contributed by atoms with Crippen LogP contribution in [0.15, 0.2) is 12.1 Å². The van der Waals surface area contributed by atoms with Crippen molar-refractivity contribution < 1.29 is 9.47 Å². The van der Waals surface area contributed by atoms with E-state index < -0.39 is 0 Å². The predicted molar refractivity (Wildman–Crippen MR) is 66.6 cm³/mol. The second kappa shape index (κ2) is 4.22. The van der Waals surface area contributed by atoms with Gasteiger partial charge in [0.1, 0.15) is 0 Å². The minimum absolute atomic E-state index is 0.356. The summed E-state index contributed by atoms with van der Waals surface area (Å²) in [4.78, 5) is 0. The van der Waals surface area contributed by atoms with Crippen LogP contribution < -0.4 is 14.8 Å². The van der Waals surface area contributed by atoms with E-state index in [1.54, 1.807) is 0 Å². The van der Waals surface area contributed by atoms with Gasteiger partial charge in [0.25, 0.3) is 0 Å². The van der Waals surface area contributed by atoms with Crippen LogP contribution in [0, 0.1) is 0 Å². The maximum Gasteiger partial charge on any atom is 0.231 e. The van der Waals surface area contributed by atoms with Crippen LogP contribution in [0.3, 0.4) is 0 Å². The van der Waals surface area contributed by atoms with E-state index in [4.69, 9.17) is 9.47 Å². The highest BCUT2D eigenvalue weighted by molar-refractivity contribution is 5.50. The summed E-state index contributed by atoms with van der Waals surface area (Å²) < 4.78 is 10.9. The second-order valence-electron chi connectivity index (χ2n) is 5.14. The van der Waals surface area contributed by atoms with Gasteiger partial charge >= 0.3 is 0 Å². The van der Waals surface area contributed by atoms with Crippen molar-refractivity contribution in [2.45, 2.75) is 38.6 Å². The molecule has 1 unspecified atom stereocenters. The zero-order valence-electron chi connectivity index (χ0n) is 10.5. The number of ether oxygens (including phenoxy) is 2. The van der Waals surface area contributed by atoms with Crippen LogP contribution >= 0.6 is 0 Å². The zero-order chi connectivity index (χ0) is 11.8. The van der Waals surface area contributed by atoms with E-state index in [9.17, 15) is 0 Å². The molecular formula is C14H19NO2. The summed E-state index contributed by atoms with van der Waals surface area (Å²) in [6.45, 7) is 5.94. The molecular weight excluding hydrogens is 214 g/mol. The third-order valence-electron chi connectivity index (χ3n) is 3.64. The lowest BCUT2D eigenvalue weighted by atomic mass is 9.91. The molecule has 0 aliphatic carbocycles. The average molecular weight is 233 g/mol. The molecule has 3 heteroatoms. The van der Waals surface area contributed by atoms with Crippen molar-refractivity contribution in [3.05, 3.63) is 23.3 Å². The van der Waals surface area contributed by atoms with Crippen LogP contribution in [0.4, 0.5) is 0 Å². The van der Waals surface area contributed by atoms with Gasteiger partial charge in [-0.3, -0.25) is 0 Å². The minimum Gasteiger partial charge on any atom is -0.454 e. The fourth-order valence-corrected chi connectivity index (χ4v) is 2.73. The van der Waals surface area contributed by atoms with Gasteiger partial charge in [0.05, 0.1) is 0 Å². The van der Waals surface area contributed by atoms with Crippen molar-refractivity contribution in [3.63, 3.8) is 0 Å². The van der Waals surface area contributed by atoms with Gasteiger partial charge in [0.2, 0.25) is 6.79 Å². The van der Waals surface area contributed by atoms with Gasteiger partial charge in [-0.25, -0.2) is 0 Å². The first kappa shape index (κ1) is 10.9. The lowest BCUT2D eigenvalue weighted by Gasteiger charge is -2.19. The van der Waals surface area contributed by atoms with E-state index in [1.165, 1.54) is 24.0 Å². The fourth-order valence-electron chi connectivity index (χ4n) is 2.73. The number of fused-ring (bicyclic) bond motifs is 1. The van der Waals surface area contributed by atoms with Crippen LogP contribution in [0.25, 0.3) is 0 Å². The van der Waals surface area contributed by atoms with E-state index in [1.807, 2.05) is 0 Å². The highest BCUT2D eigenvalue weighted by Gasteiger charge is 2.24. The molecule has 1 saturated heterocycles. The Morgan fingerprint density at radius 3 is 2.65 bits per heavy atom. The van der Waals surface area contributed by atoms with Crippen molar-refractivity contribution in [1.82, 2.24) is 5.32 Å². The first-order valence-electron chi connectivity index (χ1n) is 6.42. The number of hydrogen-bond donors (Lipinski definition) is 1. The van der Waals surface area contributed by atoms with Gasteiger partial charge < -0.3 is 14.8 Å². The summed E-state index contributed by atoms with van der Waals surface area (Å²) >= 11 is 0. The first-order chi connectivity index (χ1) is 8.25. The van der Waals surface area contributed by atoms with E-state index in [0.717, 1.165) is 18.0 Å². The van der Waals surface area contributed by atoms with Gasteiger partial charge in [0, 0.05) is 6.04 Å². The van der Waals surface area contributed by atoms with Crippen LogP contribution in [-0.4, -0.2) is 13.3 Å². The van der Waals surface area contributed by atoms with E-state index in [0.29, 0.717) is 18.8 Å². The van der Waals surface area contributed by atoms with Gasteiger partial charge in [-0.15, -0.1) is 0 Å². The maximum absolute atomic E-state index is 5.48. The zero-order valence-corrected chi connectivity index (χ0v) is 10.5. The molecule has 1 fully saturated rings. The van der Waals surface area contributed by atoms with Gasteiger partial charge in [0.15, 0.2) is 11.5 Å². The van der Waals surface area contributed by atoms with Crippen molar-refractivity contribution in [3.8, 4) is 11.5 Å². The highest BCUT2D eigenvalue weighted by atomic mass is 16.7. The standard InChI is InChI=1S/C14H19NO2/c1-9(2)10-6-13-14(17-8-16-13)7-11(10)12-4-3-5-15-12/h6-7,9,12,15H,3-5,8H2,1-2H3. The third-order valence-corrected chi connectivity index (χ3v) is 3.64. The summed E-state index contributed by atoms with van der Waals surface area (Å²) in [5.41, 5.74) is 2.77. The molecule has 1 atom stereocenters. The lowest BCUT2D eigenvalue weighted by molar-refractivity contribution is 0.174. The number of benzene rings is 1. The predicted octanol–water partition coefficient (Wildman–Crippen LogP) is 2.96. The Kier molecular flexibility index (Phi) is 2.71. The molecule has 2 aliphatic rings. The summed E-state index contributed by atoms with van der Waals surface area (Å²) in [5, 5.41) is 3.56.